The predicted octanol–water partition coefficient (Wildman–Crippen LogP) is 4.38. The summed E-state index contributed by atoms with van der Waals surface area (Å²) < 4.78 is 14.0. The van der Waals surface area contributed by atoms with Crippen LogP contribution in [0.25, 0.3) is 0 Å². The van der Waals surface area contributed by atoms with Crippen LogP contribution >= 0.6 is 15.9 Å². The molecule has 0 saturated carbocycles. The molecule has 0 spiro atoms. The molecule has 0 amide bonds. The van der Waals surface area contributed by atoms with Crippen molar-refractivity contribution in [2.24, 2.45) is 0 Å². The molecular weight excluding hydrogens is 319 g/mol. The molecule has 1 N–H and O–H groups in total. The molecule has 1 aromatic heterocycles. The SMILES string of the molecule is CCCNC(c1ccc(C)nc1)c1ccc(F)cc1Br. The van der Waals surface area contributed by atoms with Crippen molar-refractivity contribution in [1.82, 2.24) is 10.3 Å². The van der Waals surface area contributed by atoms with E-state index in [9.17, 15) is 4.39 Å². The molecule has 1 heterocycles. The molecule has 106 valence electrons. The molecule has 0 fully saturated rings. The first-order chi connectivity index (χ1) is 9.61. The first kappa shape index (κ1) is 15.1. The number of aromatic nitrogens is 1. The molecule has 0 aliphatic carbocycles. The predicted molar refractivity (Wildman–Crippen MR) is 83.2 cm³/mol. The highest BCUT2D eigenvalue weighted by atomic mass is 79.9. The number of nitrogens with zero attached hydrogens (tertiary/aromatic N) is 1. The van der Waals surface area contributed by atoms with Gasteiger partial charge in [0.15, 0.2) is 0 Å². The van der Waals surface area contributed by atoms with Gasteiger partial charge in [0.2, 0.25) is 0 Å². The van der Waals surface area contributed by atoms with Crippen LogP contribution in [0.1, 0.15) is 36.2 Å². The van der Waals surface area contributed by atoms with Crippen molar-refractivity contribution in [3.05, 3.63) is 63.6 Å². The maximum Gasteiger partial charge on any atom is 0.124 e. The summed E-state index contributed by atoms with van der Waals surface area (Å²) in [5.74, 6) is -0.239. The van der Waals surface area contributed by atoms with E-state index in [0.29, 0.717) is 0 Å². The van der Waals surface area contributed by atoms with E-state index in [1.807, 2.05) is 25.3 Å². The van der Waals surface area contributed by atoms with Gasteiger partial charge in [-0.25, -0.2) is 4.39 Å². The first-order valence-electron chi connectivity index (χ1n) is 6.72. The van der Waals surface area contributed by atoms with Crippen LogP contribution in [0.3, 0.4) is 0 Å². The fraction of sp³-hybridized carbons (Fsp3) is 0.312. The maximum absolute atomic E-state index is 13.3. The minimum atomic E-state index is -0.239. The summed E-state index contributed by atoms with van der Waals surface area (Å²) in [5, 5.41) is 3.49. The third kappa shape index (κ3) is 3.64. The number of nitrogens with one attached hydrogen (secondary N) is 1. The Kier molecular flexibility index (Phi) is 5.26. The molecule has 0 radical (unpaired) electrons. The Morgan fingerprint density at radius 3 is 2.70 bits per heavy atom. The van der Waals surface area contributed by atoms with E-state index in [0.717, 1.165) is 34.3 Å². The van der Waals surface area contributed by atoms with Gasteiger partial charge in [0.05, 0.1) is 6.04 Å². The molecule has 0 aliphatic rings. The number of hydrogen-bond acceptors (Lipinski definition) is 2. The van der Waals surface area contributed by atoms with Gasteiger partial charge in [-0.2, -0.15) is 0 Å². The van der Waals surface area contributed by atoms with Crippen molar-refractivity contribution < 1.29 is 4.39 Å². The van der Waals surface area contributed by atoms with Crippen LogP contribution in [-0.2, 0) is 0 Å². The van der Waals surface area contributed by atoms with E-state index < -0.39 is 0 Å². The average Bonchev–Trinajstić information content (AvgIpc) is 2.42. The van der Waals surface area contributed by atoms with E-state index in [1.165, 1.54) is 12.1 Å². The van der Waals surface area contributed by atoms with Crippen LogP contribution in [0.4, 0.5) is 4.39 Å². The molecule has 0 saturated heterocycles. The largest absolute Gasteiger partial charge is 0.306 e. The van der Waals surface area contributed by atoms with Gasteiger partial charge in [0.25, 0.3) is 0 Å². The van der Waals surface area contributed by atoms with Crippen molar-refractivity contribution in [2.45, 2.75) is 26.3 Å². The lowest BCUT2D eigenvalue weighted by molar-refractivity contribution is 0.589. The van der Waals surface area contributed by atoms with Gasteiger partial charge >= 0.3 is 0 Å². The molecule has 0 aliphatic heterocycles. The van der Waals surface area contributed by atoms with Crippen molar-refractivity contribution in [3.8, 4) is 0 Å². The van der Waals surface area contributed by atoms with Crippen LogP contribution in [0.15, 0.2) is 41.0 Å². The van der Waals surface area contributed by atoms with E-state index in [2.05, 4.69) is 39.2 Å². The number of benzene rings is 1. The number of aryl methyl sites for hydroxylation is 1. The van der Waals surface area contributed by atoms with Gasteiger partial charge in [-0.1, -0.05) is 35.0 Å². The zero-order valence-electron chi connectivity index (χ0n) is 11.7. The third-order valence-electron chi connectivity index (χ3n) is 3.14. The molecule has 2 rings (SSSR count). The van der Waals surface area contributed by atoms with Crippen molar-refractivity contribution in [3.63, 3.8) is 0 Å². The van der Waals surface area contributed by atoms with E-state index in [1.54, 1.807) is 0 Å². The van der Waals surface area contributed by atoms with Crippen molar-refractivity contribution >= 4 is 15.9 Å². The van der Waals surface area contributed by atoms with Gasteiger partial charge < -0.3 is 5.32 Å². The second kappa shape index (κ2) is 6.95. The highest BCUT2D eigenvalue weighted by Gasteiger charge is 2.16. The highest BCUT2D eigenvalue weighted by molar-refractivity contribution is 9.10. The fourth-order valence-corrected chi connectivity index (χ4v) is 2.66. The van der Waals surface area contributed by atoms with E-state index >= 15 is 0 Å². The summed E-state index contributed by atoms with van der Waals surface area (Å²) in [6.45, 7) is 4.98. The molecule has 0 bridgehead atoms. The Bertz CT molecular complexity index is 569. The summed E-state index contributed by atoms with van der Waals surface area (Å²) in [6.07, 6.45) is 2.91. The monoisotopic (exact) mass is 336 g/mol. The Morgan fingerprint density at radius 2 is 2.10 bits per heavy atom. The molecule has 2 nitrogen and oxygen atoms in total. The zero-order chi connectivity index (χ0) is 14.5. The number of hydrogen-bond donors (Lipinski definition) is 1. The van der Waals surface area contributed by atoms with Crippen molar-refractivity contribution in [1.29, 1.82) is 0 Å². The molecule has 20 heavy (non-hydrogen) atoms. The lowest BCUT2D eigenvalue weighted by atomic mass is 9.99. The standard InChI is InChI=1S/C16H18BrFN2/c1-3-8-19-16(12-5-4-11(2)20-10-12)14-7-6-13(18)9-15(14)17/h4-7,9-10,16,19H,3,8H2,1-2H3. The lowest BCUT2D eigenvalue weighted by Crippen LogP contribution is -2.23. The second-order valence-electron chi connectivity index (χ2n) is 4.79. The molecule has 1 atom stereocenters. The molecule has 1 unspecified atom stereocenters. The topological polar surface area (TPSA) is 24.9 Å². The van der Waals surface area contributed by atoms with Crippen LogP contribution in [0.5, 0.6) is 0 Å². The van der Waals surface area contributed by atoms with Crippen molar-refractivity contribution in [2.75, 3.05) is 6.54 Å². The average molecular weight is 337 g/mol. The summed E-state index contributed by atoms with van der Waals surface area (Å²) in [5.41, 5.74) is 3.09. The molecule has 4 heteroatoms. The quantitative estimate of drug-likeness (QED) is 0.876. The first-order valence-corrected chi connectivity index (χ1v) is 7.52. The summed E-state index contributed by atoms with van der Waals surface area (Å²) >= 11 is 3.45. The fourth-order valence-electron chi connectivity index (χ4n) is 2.08. The van der Waals surface area contributed by atoms with E-state index in [4.69, 9.17) is 0 Å². The second-order valence-corrected chi connectivity index (χ2v) is 5.64. The van der Waals surface area contributed by atoms with Gasteiger partial charge in [-0.15, -0.1) is 0 Å². The van der Waals surface area contributed by atoms with Crippen LogP contribution in [-0.4, -0.2) is 11.5 Å². The number of halogens is 2. The smallest absolute Gasteiger partial charge is 0.124 e. The maximum atomic E-state index is 13.3. The van der Waals surface area contributed by atoms with Gasteiger partial charge in [0.1, 0.15) is 5.82 Å². The van der Waals surface area contributed by atoms with Crippen LogP contribution in [0, 0.1) is 12.7 Å². The summed E-state index contributed by atoms with van der Waals surface area (Å²) in [6, 6.07) is 8.86. The summed E-state index contributed by atoms with van der Waals surface area (Å²) in [7, 11) is 0. The molecular formula is C16H18BrFN2. The lowest BCUT2D eigenvalue weighted by Gasteiger charge is -2.20. The Morgan fingerprint density at radius 1 is 1.30 bits per heavy atom. The Balaban J connectivity index is 2.38. The molecule has 2 aromatic rings. The molecule has 1 aromatic carbocycles. The van der Waals surface area contributed by atoms with Gasteiger partial charge in [0, 0.05) is 16.4 Å². The number of pyridine rings is 1. The van der Waals surface area contributed by atoms with Crippen LogP contribution in [0.2, 0.25) is 0 Å². The van der Waals surface area contributed by atoms with E-state index in [-0.39, 0.29) is 11.9 Å². The minimum Gasteiger partial charge on any atom is -0.306 e. The van der Waals surface area contributed by atoms with Gasteiger partial charge in [-0.05, 0) is 49.2 Å². The van der Waals surface area contributed by atoms with Gasteiger partial charge in [-0.3, -0.25) is 4.98 Å². The third-order valence-corrected chi connectivity index (χ3v) is 3.83. The van der Waals surface area contributed by atoms with Crippen LogP contribution < -0.4 is 5.32 Å². The highest BCUT2D eigenvalue weighted by Crippen LogP contribution is 2.29. The minimum absolute atomic E-state index is 0.0121. The Hall–Kier alpha value is -1.26. The Labute approximate surface area is 127 Å². The zero-order valence-corrected chi connectivity index (χ0v) is 13.2. The number of rotatable bonds is 5. The normalized spacial score (nSPS) is 12.4. The summed E-state index contributed by atoms with van der Waals surface area (Å²) in [4.78, 5) is 4.35.